The molecule has 0 saturated carbocycles. The third-order valence-corrected chi connectivity index (χ3v) is 4.98. The van der Waals surface area contributed by atoms with Gasteiger partial charge in [-0.1, -0.05) is 6.92 Å². The van der Waals surface area contributed by atoms with Crippen molar-refractivity contribution in [2.24, 2.45) is 0 Å². The lowest BCUT2D eigenvalue weighted by molar-refractivity contribution is -0.140. The molecule has 1 heterocycles. The number of likely N-dealkylation sites (N-methyl/N-ethyl adjacent to an activating group) is 1. The Balaban J connectivity index is 2.22. The highest BCUT2D eigenvalue weighted by atomic mass is 32.2. The number of carbonyl (C=O) groups is 1. The minimum Gasteiger partial charge on any atom is -0.469 e. The molecule has 0 aliphatic carbocycles. The van der Waals surface area contributed by atoms with E-state index in [1.807, 2.05) is 6.92 Å². The smallest absolute Gasteiger partial charge is 0.306 e. The van der Waals surface area contributed by atoms with Crippen molar-refractivity contribution < 1.29 is 13.7 Å². The van der Waals surface area contributed by atoms with Crippen LogP contribution < -0.4 is 0 Å². The maximum absolute atomic E-state index is 12.0. The van der Waals surface area contributed by atoms with E-state index in [0.29, 0.717) is 5.75 Å². The summed E-state index contributed by atoms with van der Waals surface area (Å²) in [6.07, 6.45) is 0.242. The van der Waals surface area contributed by atoms with Crippen LogP contribution in [-0.4, -0.2) is 77.9 Å². The zero-order valence-electron chi connectivity index (χ0n) is 11.6. The van der Waals surface area contributed by atoms with Gasteiger partial charge < -0.3 is 9.64 Å². The second-order valence-electron chi connectivity index (χ2n) is 4.82. The molecule has 2 atom stereocenters. The fourth-order valence-electron chi connectivity index (χ4n) is 1.90. The number of methoxy groups -OCH3 is 1. The molecule has 1 rings (SSSR count). The first-order valence-corrected chi connectivity index (χ1v) is 7.76. The van der Waals surface area contributed by atoms with Crippen molar-refractivity contribution in [2.45, 2.75) is 18.6 Å². The van der Waals surface area contributed by atoms with Crippen LogP contribution in [0.3, 0.4) is 0 Å². The Morgan fingerprint density at radius 2 is 1.94 bits per heavy atom. The predicted molar refractivity (Wildman–Crippen MR) is 73.0 cm³/mol. The summed E-state index contributed by atoms with van der Waals surface area (Å²) in [5, 5.41) is -0.120. The summed E-state index contributed by atoms with van der Waals surface area (Å²) in [7, 11) is 2.53. The van der Waals surface area contributed by atoms with Gasteiger partial charge in [0.2, 0.25) is 0 Å². The van der Waals surface area contributed by atoms with E-state index in [0.717, 1.165) is 32.7 Å². The molecule has 1 saturated heterocycles. The first kappa shape index (κ1) is 15.6. The lowest BCUT2D eigenvalue weighted by atomic mass is 10.3. The fourth-order valence-corrected chi connectivity index (χ4v) is 3.07. The van der Waals surface area contributed by atoms with Gasteiger partial charge in [0.05, 0.1) is 13.5 Å². The topological polar surface area (TPSA) is 49.9 Å². The number of carbonyl (C=O) groups excluding carboxylic acids is 1. The van der Waals surface area contributed by atoms with Crippen LogP contribution in [0, 0.1) is 0 Å². The van der Waals surface area contributed by atoms with E-state index in [1.165, 1.54) is 7.11 Å². The minimum absolute atomic E-state index is 0.120. The molecule has 0 aromatic rings. The Labute approximate surface area is 112 Å². The van der Waals surface area contributed by atoms with Gasteiger partial charge >= 0.3 is 5.97 Å². The molecular weight excluding hydrogens is 252 g/mol. The lowest BCUT2D eigenvalue weighted by Gasteiger charge is -2.32. The highest BCUT2D eigenvalue weighted by Gasteiger charge is 2.18. The molecule has 5 nitrogen and oxygen atoms in total. The summed E-state index contributed by atoms with van der Waals surface area (Å²) in [5.74, 6) is 0.359. The first-order valence-electron chi connectivity index (χ1n) is 6.38. The molecular formula is C12H24N2O3S. The molecule has 0 N–H and O–H groups in total. The molecule has 18 heavy (non-hydrogen) atoms. The third kappa shape index (κ3) is 5.46. The first-order chi connectivity index (χ1) is 8.52. The quantitative estimate of drug-likeness (QED) is 0.636. The van der Waals surface area contributed by atoms with E-state index in [4.69, 9.17) is 0 Å². The van der Waals surface area contributed by atoms with Crippen LogP contribution in [0.5, 0.6) is 0 Å². The molecule has 1 aliphatic rings. The Morgan fingerprint density at radius 3 is 2.50 bits per heavy atom. The van der Waals surface area contributed by atoms with E-state index >= 15 is 0 Å². The van der Waals surface area contributed by atoms with Crippen molar-refractivity contribution in [3.8, 4) is 0 Å². The van der Waals surface area contributed by atoms with E-state index in [-0.39, 0.29) is 17.6 Å². The van der Waals surface area contributed by atoms with Crippen molar-refractivity contribution in [1.29, 1.82) is 0 Å². The van der Waals surface area contributed by atoms with Crippen LogP contribution >= 0.6 is 0 Å². The van der Waals surface area contributed by atoms with Crippen LogP contribution in [0.4, 0.5) is 0 Å². The second kappa shape index (κ2) is 7.86. The van der Waals surface area contributed by atoms with Crippen LogP contribution in [0.2, 0.25) is 0 Å². The lowest BCUT2D eigenvalue weighted by Crippen LogP contribution is -2.45. The molecule has 106 valence electrons. The van der Waals surface area contributed by atoms with Crippen molar-refractivity contribution in [2.75, 3.05) is 52.6 Å². The Kier molecular flexibility index (Phi) is 6.81. The second-order valence-corrected chi connectivity index (χ2v) is 6.80. The van der Waals surface area contributed by atoms with Gasteiger partial charge in [-0.2, -0.15) is 0 Å². The van der Waals surface area contributed by atoms with Crippen molar-refractivity contribution in [3.05, 3.63) is 0 Å². The molecule has 0 aromatic carbocycles. The summed E-state index contributed by atoms with van der Waals surface area (Å²) in [6.45, 7) is 6.93. The van der Waals surface area contributed by atoms with Crippen LogP contribution in [0.1, 0.15) is 13.3 Å². The monoisotopic (exact) mass is 276 g/mol. The highest BCUT2D eigenvalue weighted by Crippen LogP contribution is 2.05. The van der Waals surface area contributed by atoms with Gasteiger partial charge in [-0.25, -0.2) is 0 Å². The van der Waals surface area contributed by atoms with E-state index in [1.54, 1.807) is 0 Å². The van der Waals surface area contributed by atoms with Gasteiger partial charge in [0.25, 0.3) is 0 Å². The minimum atomic E-state index is -0.953. The molecule has 0 spiro atoms. The third-order valence-electron chi connectivity index (χ3n) is 3.34. The number of ether oxygens (including phenoxy) is 1. The van der Waals surface area contributed by atoms with Crippen LogP contribution in [0.15, 0.2) is 0 Å². The Hall–Kier alpha value is -0.460. The maximum atomic E-state index is 12.0. The Bertz CT molecular complexity index is 291. The van der Waals surface area contributed by atoms with E-state index < -0.39 is 10.8 Å². The summed E-state index contributed by atoms with van der Waals surface area (Å²) >= 11 is 0. The van der Waals surface area contributed by atoms with Gasteiger partial charge in [0.1, 0.15) is 0 Å². The normalized spacial score (nSPS) is 21.5. The molecule has 1 aliphatic heterocycles. The fraction of sp³-hybridized carbons (Fsp3) is 0.917. The molecule has 2 unspecified atom stereocenters. The molecule has 0 aromatic heterocycles. The zero-order valence-corrected chi connectivity index (χ0v) is 12.4. The SMILES string of the molecule is COC(=O)CC(C)S(=O)CCN1CCN(C)CC1. The summed E-state index contributed by atoms with van der Waals surface area (Å²) in [4.78, 5) is 15.7. The van der Waals surface area contributed by atoms with Crippen molar-refractivity contribution in [1.82, 2.24) is 9.80 Å². The van der Waals surface area contributed by atoms with Gasteiger partial charge in [-0.05, 0) is 7.05 Å². The summed E-state index contributed by atoms with van der Waals surface area (Å²) < 4.78 is 16.6. The zero-order chi connectivity index (χ0) is 13.5. The average Bonchev–Trinajstić information content (AvgIpc) is 2.37. The number of hydrogen-bond donors (Lipinski definition) is 0. The van der Waals surface area contributed by atoms with Crippen molar-refractivity contribution in [3.63, 3.8) is 0 Å². The van der Waals surface area contributed by atoms with E-state index in [9.17, 15) is 9.00 Å². The number of piperazine rings is 1. The number of esters is 1. The predicted octanol–water partition coefficient (Wildman–Crippen LogP) is -0.0659. The molecule has 0 bridgehead atoms. The summed E-state index contributed by atoms with van der Waals surface area (Å²) in [5.41, 5.74) is 0. The maximum Gasteiger partial charge on any atom is 0.306 e. The molecule has 1 fully saturated rings. The molecule has 0 amide bonds. The van der Waals surface area contributed by atoms with Crippen LogP contribution in [-0.2, 0) is 20.3 Å². The highest BCUT2D eigenvalue weighted by molar-refractivity contribution is 7.85. The number of nitrogens with zero attached hydrogens (tertiary/aromatic N) is 2. The average molecular weight is 276 g/mol. The van der Waals surface area contributed by atoms with Crippen molar-refractivity contribution >= 4 is 16.8 Å². The largest absolute Gasteiger partial charge is 0.469 e. The number of rotatable bonds is 6. The van der Waals surface area contributed by atoms with Gasteiger partial charge in [0, 0.05) is 54.5 Å². The van der Waals surface area contributed by atoms with Gasteiger partial charge in [-0.15, -0.1) is 0 Å². The van der Waals surface area contributed by atoms with Gasteiger partial charge in [0.15, 0.2) is 0 Å². The number of hydrogen-bond acceptors (Lipinski definition) is 5. The molecule has 6 heteroatoms. The van der Waals surface area contributed by atoms with Crippen LogP contribution in [0.25, 0.3) is 0 Å². The standard InChI is InChI=1S/C12H24N2O3S/c1-11(10-12(15)17-3)18(16)9-8-14-6-4-13(2)5-7-14/h11H,4-10H2,1-3H3. The Morgan fingerprint density at radius 1 is 1.33 bits per heavy atom. The van der Waals surface area contributed by atoms with E-state index in [2.05, 4.69) is 21.6 Å². The summed E-state index contributed by atoms with van der Waals surface area (Å²) in [6, 6.07) is 0. The molecule has 0 radical (unpaired) electrons. The van der Waals surface area contributed by atoms with Gasteiger partial charge in [-0.3, -0.25) is 13.9 Å².